The van der Waals surface area contributed by atoms with Crippen LogP contribution in [0.2, 0.25) is 0 Å². The minimum atomic E-state index is -1.03. The standard InChI is InChI=1S/C6H5NO3S/c8-3-7-5-2-11-1-4(5)6(9)10/h1-3H,(H,7,8)(H,9,10). The highest BCUT2D eigenvalue weighted by Gasteiger charge is 2.09. The fraction of sp³-hybridized carbons (Fsp3) is 0. The van der Waals surface area contributed by atoms with Gasteiger partial charge in [0.2, 0.25) is 6.41 Å². The summed E-state index contributed by atoms with van der Waals surface area (Å²) in [5.74, 6) is -1.03. The zero-order chi connectivity index (χ0) is 8.27. The largest absolute Gasteiger partial charge is 0.478 e. The van der Waals surface area contributed by atoms with Crippen LogP contribution in [-0.2, 0) is 4.79 Å². The van der Waals surface area contributed by atoms with E-state index < -0.39 is 5.97 Å². The van der Waals surface area contributed by atoms with E-state index in [0.717, 1.165) is 0 Å². The number of carboxylic acids is 1. The van der Waals surface area contributed by atoms with Gasteiger partial charge in [0.15, 0.2) is 0 Å². The number of hydrogen-bond donors (Lipinski definition) is 2. The van der Waals surface area contributed by atoms with Crippen LogP contribution in [0.3, 0.4) is 0 Å². The third-order valence-corrected chi connectivity index (χ3v) is 1.85. The fourth-order valence-corrected chi connectivity index (χ4v) is 1.40. The molecule has 5 heteroatoms. The van der Waals surface area contributed by atoms with Gasteiger partial charge in [-0.3, -0.25) is 4.79 Å². The van der Waals surface area contributed by atoms with Crippen molar-refractivity contribution in [3.05, 3.63) is 16.3 Å². The Labute approximate surface area is 66.5 Å². The zero-order valence-corrected chi connectivity index (χ0v) is 6.22. The summed E-state index contributed by atoms with van der Waals surface area (Å²) in [5.41, 5.74) is 0.472. The fourth-order valence-electron chi connectivity index (χ4n) is 0.638. The molecule has 0 aliphatic rings. The van der Waals surface area contributed by atoms with Crippen molar-refractivity contribution in [2.75, 3.05) is 5.32 Å². The number of carbonyl (C=O) groups excluding carboxylic acids is 1. The molecular weight excluding hydrogens is 166 g/mol. The summed E-state index contributed by atoms with van der Waals surface area (Å²) in [6, 6.07) is 0. The predicted molar refractivity (Wildman–Crippen MR) is 41.0 cm³/mol. The van der Waals surface area contributed by atoms with Crippen LogP contribution >= 0.6 is 11.3 Å². The van der Waals surface area contributed by atoms with Crippen molar-refractivity contribution >= 4 is 29.4 Å². The highest BCUT2D eigenvalue weighted by molar-refractivity contribution is 7.08. The zero-order valence-electron chi connectivity index (χ0n) is 5.40. The predicted octanol–water partition coefficient (Wildman–Crippen LogP) is 1.01. The first-order chi connectivity index (χ1) is 5.25. The number of rotatable bonds is 3. The molecule has 0 saturated carbocycles. The Bertz CT molecular complexity index is 281. The van der Waals surface area contributed by atoms with E-state index in [2.05, 4.69) is 5.32 Å². The lowest BCUT2D eigenvalue weighted by atomic mass is 10.3. The van der Waals surface area contributed by atoms with E-state index in [1.165, 1.54) is 16.7 Å². The minimum Gasteiger partial charge on any atom is -0.478 e. The normalized spacial score (nSPS) is 9.09. The Morgan fingerprint density at radius 2 is 2.36 bits per heavy atom. The molecule has 1 aromatic heterocycles. The lowest BCUT2D eigenvalue weighted by Gasteiger charge is -1.94. The maximum Gasteiger partial charge on any atom is 0.338 e. The van der Waals surface area contributed by atoms with Crippen molar-refractivity contribution in [3.63, 3.8) is 0 Å². The van der Waals surface area contributed by atoms with Gasteiger partial charge in [0.05, 0.1) is 11.3 Å². The van der Waals surface area contributed by atoms with E-state index in [1.807, 2.05) is 0 Å². The topological polar surface area (TPSA) is 66.4 Å². The van der Waals surface area contributed by atoms with Gasteiger partial charge in [-0.25, -0.2) is 4.79 Å². The van der Waals surface area contributed by atoms with Crippen LogP contribution in [0.5, 0.6) is 0 Å². The highest BCUT2D eigenvalue weighted by atomic mass is 32.1. The van der Waals surface area contributed by atoms with Gasteiger partial charge in [-0.2, -0.15) is 0 Å². The smallest absolute Gasteiger partial charge is 0.338 e. The number of carboxylic acid groups (broad SMARTS) is 1. The van der Waals surface area contributed by atoms with Gasteiger partial charge in [0.25, 0.3) is 0 Å². The number of hydrogen-bond acceptors (Lipinski definition) is 3. The van der Waals surface area contributed by atoms with E-state index in [4.69, 9.17) is 5.11 Å². The SMILES string of the molecule is O=CNc1cscc1C(=O)O. The van der Waals surface area contributed by atoms with Crippen LogP contribution in [0.15, 0.2) is 10.8 Å². The van der Waals surface area contributed by atoms with E-state index in [-0.39, 0.29) is 5.56 Å². The second-order valence-electron chi connectivity index (χ2n) is 1.77. The molecule has 0 atom stereocenters. The van der Waals surface area contributed by atoms with Crippen molar-refractivity contribution in [1.29, 1.82) is 0 Å². The molecule has 2 N–H and O–H groups in total. The van der Waals surface area contributed by atoms with Gasteiger partial charge in [-0.1, -0.05) is 0 Å². The van der Waals surface area contributed by atoms with Crippen LogP contribution in [0.25, 0.3) is 0 Å². The van der Waals surface area contributed by atoms with Crippen LogP contribution in [-0.4, -0.2) is 17.5 Å². The van der Waals surface area contributed by atoms with Gasteiger partial charge in [0.1, 0.15) is 0 Å². The molecule has 1 heterocycles. The van der Waals surface area contributed by atoms with E-state index >= 15 is 0 Å². The average Bonchev–Trinajstić information content (AvgIpc) is 2.36. The summed E-state index contributed by atoms with van der Waals surface area (Å²) in [4.78, 5) is 20.4. The molecule has 4 nitrogen and oxygen atoms in total. The van der Waals surface area contributed by atoms with Crippen LogP contribution in [0, 0.1) is 0 Å². The summed E-state index contributed by atoms with van der Waals surface area (Å²) in [7, 11) is 0. The molecule has 1 rings (SSSR count). The molecule has 1 amide bonds. The van der Waals surface area contributed by atoms with Crippen molar-refractivity contribution < 1.29 is 14.7 Å². The monoisotopic (exact) mass is 171 g/mol. The summed E-state index contributed by atoms with van der Waals surface area (Å²) >= 11 is 1.23. The average molecular weight is 171 g/mol. The maximum absolute atomic E-state index is 10.4. The van der Waals surface area contributed by atoms with Crippen molar-refractivity contribution in [2.24, 2.45) is 0 Å². The molecule has 0 aromatic carbocycles. The first-order valence-electron chi connectivity index (χ1n) is 2.75. The number of anilines is 1. The first kappa shape index (κ1) is 7.74. The quantitative estimate of drug-likeness (QED) is 0.667. The molecule has 0 aliphatic heterocycles. The van der Waals surface area contributed by atoms with Crippen molar-refractivity contribution in [3.8, 4) is 0 Å². The number of amides is 1. The molecule has 0 unspecified atom stereocenters. The number of thiophene rings is 1. The lowest BCUT2D eigenvalue weighted by Crippen LogP contribution is -2.00. The molecule has 0 spiro atoms. The summed E-state index contributed by atoms with van der Waals surface area (Å²) in [5, 5.41) is 13.9. The van der Waals surface area contributed by atoms with Gasteiger partial charge in [-0.05, 0) is 0 Å². The molecule has 0 fully saturated rings. The molecule has 0 radical (unpaired) electrons. The van der Waals surface area contributed by atoms with Gasteiger partial charge in [-0.15, -0.1) is 11.3 Å². The van der Waals surface area contributed by atoms with Crippen LogP contribution in [0.4, 0.5) is 5.69 Å². The van der Waals surface area contributed by atoms with E-state index in [0.29, 0.717) is 12.1 Å². The molecule has 11 heavy (non-hydrogen) atoms. The first-order valence-corrected chi connectivity index (χ1v) is 3.69. The Balaban J connectivity index is 2.95. The number of carbonyl (C=O) groups is 2. The number of aromatic carboxylic acids is 1. The van der Waals surface area contributed by atoms with Crippen LogP contribution < -0.4 is 5.32 Å². The van der Waals surface area contributed by atoms with Gasteiger partial charge in [0, 0.05) is 10.8 Å². The Morgan fingerprint density at radius 1 is 1.64 bits per heavy atom. The molecule has 0 bridgehead atoms. The highest BCUT2D eigenvalue weighted by Crippen LogP contribution is 2.19. The molecular formula is C6H5NO3S. The minimum absolute atomic E-state index is 0.127. The van der Waals surface area contributed by atoms with E-state index in [1.54, 1.807) is 5.38 Å². The van der Waals surface area contributed by atoms with Crippen molar-refractivity contribution in [1.82, 2.24) is 0 Å². The second-order valence-corrected chi connectivity index (χ2v) is 2.51. The number of nitrogens with one attached hydrogen (secondary N) is 1. The van der Waals surface area contributed by atoms with E-state index in [9.17, 15) is 9.59 Å². The second kappa shape index (κ2) is 3.16. The maximum atomic E-state index is 10.4. The third kappa shape index (κ3) is 1.56. The molecule has 0 saturated heterocycles. The van der Waals surface area contributed by atoms with Gasteiger partial charge < -0.3 is 10.4 Å². The van der Waals surface area contributed by atoms with Crippen molar-refractivity contribution in [2.45, 2.75) is 0 Å². The molecule has 1 aromatic rings. The van der Waals surface area contributed by atoms with Gasteiger partial charge >= 0.3 is 5.97 Å². The molecule has 0 aliphatic carbocycles. The molecule has 58 valence electrons. The Hall–Kier alpha value is -1.36. The summed E-state index contributed by atoms with van der Waals surface area (Å²) in [6.45, 7) is 0. The summed E-state index contributed by atoms with van der Waals surface area (Å²) < 4.78 is 0. The lowest BCUT2D eigenvalue weighted by molar-refractivity contribution is -0.105. The third-order valence-electron chi connectivity index (χ3n) is 1.11. The summed E-state index contributed by atoms with van der Waals surface area (Å²) in [6.07, 6.45) is 0.453. The van der Waals surface area contributed by atoms with Crippen LogP contribution in [0.1, 0.15) is 10.4 Å². The Kier molecular flexibility index (Phi) is 2.22. The Morgan fingerprint density at radius 3 is 2.91 bits per heavy atom.